The molecule has 1 aromatic carbocycles. The van der Waals surface area contributed by atoms with Crippen LogP contribution >= 0.6 is 11.6 Å². The molecule has 1 amide bonds. The molecule has 1 aromatic heterocycles. The summed E-state index contributed by atoms with van der Waals surface area (Å²) in [4.78, 5) is 18.6. The van der Waals surface area contributed by atoms with Gasteiger partial charge in [-0.2, -0.15) is 0 Å². The molecule has 0 spiro atoms. The molecule has 2 aromatic rings. The van der Waals surface area contributed by atoms with Crippen LogP contribution in [0.4, 0.5) is 0 Å². The van der Waals surface area contributed by atoms with E-state index < -0.39 is 0 Å². The number of aryl methyl sites for hydroxylation is 2. The third kappa shape index (κ3) is 2.52. The van der Waals surface area contributed by atoms with E-state index in [2.05, 4.69) is 4.98 Å². The van der Waals surface area contributed by atoms with E-state index >= 15 is 0 Å². The summed E-state index contributed by atoms with van der Waals surface area (Å²) in [7, 11) is 3.54. The fourth-order valence-corrected chi connectivity index (χ4v) is 2.65. The van der Waals surface area contributed by atoms with Gasteiger partial charge in [0, 0.05) is 26.4 Å². The second-order valence-electron chi connectivity index (χ2n) is 5.19. The van der Waals surface area contributed by atoms with Crippen molar-refractivity contribution >= 4 is 28.5 Å². The second-order valence-corrected chi connectivity index (χ2v) is 5.57. The minimum Gasteiger partial charge on any atom is -0.347 e. The first kappa shape index (κ1) is 14.9. The number of aromatic nitrogens is 2. The van der Waals surface area contributed by atoms with Crippen LogP contribution in [0.2, 0.25) is 0 Å². The molecule has 108 valence electrons. The Labute approximate surface area is 124 Å². The lowest BCUT2D eigenvalue weighted by molar-refractivity contribution is -0.131. The number of para-hydroxylation sites is 1. The number of alkyl halides is 1. The summed E-state index contributed by atoms with van der Waals surface area (Å²) in [5.74, 6) is 1.42. The highest BCUT2D eigenvalue weighted by Crippen LogP contribution is 2.25. The van der Waals surface area contributed by atoms with Gasteiger partial charge >= 0.3 is 0 Å². The fourth-order valence-electron chi connectivity index (χ4n) is 2.48. The zero-order chi connectivity index (χ0) is 14.9. The van der Waals surface area contributed by atoms with Crippen LogP contribution < -0.4 is 0 Å². The maximum absolute atomic E-state index is 12.3. The highest BCUT2D eigenvalue weighted by atomic mass is 35.5. The van der Waals surface area contributed by atoms with Crippen molar-refractivity contribution in [3.05, 3.63) is 29.6 Å². The molecule has 2 rings (SSSR count). The predicted molar refractivity (Wildman–Crippen MR) is 82.3 cm³/mol. The van der Waals surface area contributed by atoms with Crippen molar-refractivity contribution < 1.29 is 4.79 Å². The van der Waals surface area contributed by atoms with Crippen molar-refractivity contribution in [2.45, 2.75) is 26.3 Å². The molecule has 20 heavy (non-hydrogen) atoms. The fraction of sp³-hybridized carbons (Fsp3) is 0.467. The zero-order valence-corrected chi connectivity index (χ0v) is 13.1. The summed E-state index contributed by atoms with van der Waals surface area (Å²) in [5, 5.41) is 0. The van der Waals surface area contributed by atoms with Crippen LogP contribution in [0.15, 0.2) is 18.2 Å². The second kappa shape index (κ2) is 5.83. The molecule has 0 aliphatic rings. The number of hydrogen-bond acceptors (Lipinski definition) is 2. The van der Waals surface area contributed by atoms with E-state index in [4.69, 9.17) is 11.6 Å². The smallest absolute Gasteiger partial charge is 0.244 e. The van der Waals surface area contributed by atoms with Gasteiger partial charge in [-0.25, -0.2) is 4.98 Å². The van der Waals surface area contributed by atoms with Crippen LogP contribution in [0.1, 0.15) is 24.4 Å². The maximum atomic E-state index is 12.3. The molecule has 0 aliphatic carbocycles. The van der Waals surface area contributed by atoms with Gasteiger partial charge in [0.2, 0.25) is 5.91 Å². The highest BCUT2D eigenvalue weighted by molar-refractivity contribution is 6.17. The Morgan fingerprint density at radius 2 is 2.15 bits per heavy atom. The molecule has 0 aliphatic heterocycles. The third-order valence-electron chi connectivity index (χ3n) is 3.50. The molecular formula is C15H20ClN3O. The molecule has 0 N–H and O–H groups in total. The molecule has 0 saturated heterocycles. The van der Waals surface area contributed by atoms with Gasteiger partial charge in [-0.3, -0.25) is 4.79 Å². The Morgan fingerprint density at radius 3 is 2.75 bits per heavy atom. The van der Waals surface area contributed by atoms with Gasteiger partial charge in [0.15, 0.2) is 0 Å². The maximum Gasteiger partial charge on any atom is 0.244 e. The highest BCUT2D eigenvalue weighted by Gasteiger charge is 2.22. The average molecular weight is 294 g/mol. The number of fused-ring (bicyclic) bond motifs is 1. The number of amides is 1. The lowest BCUT2D eigenvalue weighted by Gasteiger charge is -2.20. The van der Waals surface area contributed by atoms with Crippen LogP contribution in [0.5, 0.6) is 0 Å². The van der Waals surface area contributed by atoms with E-state index in [1.807, 2.05) is 36.6 Å². The molecule has 0 bridgehead atoms. The van der Waals surface area contributed by atoms with Gasteiger partial charge in [0.05, 0.1) is 11.0 Å². The van der Waals surface area contributed by atoms with E-state index in [-0.39, 0.29) is 11.9 Å². The van der Waals surface area contributed by atoms with Gasteiger partial charge in [-0.15, -0.1) is 11.6 Å². The molecule has 0 fully saturated rings. The minimum absolute atomic E-state index is 0.0571. The molecule has 0 saturated carbocycles. The van der Waals surface area contributed by atoms with Gasteiger partial charge < -0.3 is 9.47 Å². The van der Waals surface area contributed by atoms with Crippen molar-refractivity contribution in [2.24, 2.45) is 0 Å². The zero-order valence-electron chi connectivity index (χ0n) is 12.4. The molecular weight excluding hydrogens is 274 g/mol. The molecule has 1 heterocycles. The lowest BCUT2D eigenvalue weighted by Crippen LogP contribution is -2.30. The number of rotatable bonds is 4. The lowest BCUT2D eigenvalue weighted by atomic mass is 10.2. The molecule has 4 nitrogen and oxygen atoms in total. The van der Waals surface area contributed by atoms with Crippen molar-refractivity contribution in [1.82, 2.24) is 14.5 Å². The monoisotopic (exact) mass is 293 g/mol. The summed E-state index contributed by atoms with van der Waals surface area (Å²) >= 11 is 5.87. The van der Waals surface area contributed by atoms with E-state index in [0.29, 0.717) is 12.3 Å². The van der Waals surface area contributed by atoms with Crippen molar-refractivity contribution in [3.8, 4) is 0 Å². The van der Waals surface area contributed by atoms with Crippen LogP contribution in [0.25, 0.3) is 11.0 Å². The number of benzene rings is 1. The summed E-state index contributed by atoms with van der Waals surface area (Å²) in [5.41, 5.74) is 3.06. The normalized spacial score (nSPS) is 12.7. The van der Waals surface area contributed by atoms with Gasteiger partial charge in [0.25, 0.3) is 0 Å². The van der Waals surface area contributed by atoms with Crippen molar-refractivity contribution in [3.63, 3.8) is 0 Å². The first-order chi connectivity index (χ1) is 9.47. The molecule has 1 atom stereocenters. The first-order valence-corrected chi connectivity index (χ1v) is 7.24. The Balaban J connectivity index is 2.62. The number of hydrogen-bond donors (Lipinski definition) is 0. The van der Waals surface area contributed by atoms with Gasteiger partial charge in [0.1, 0.15) is 11.9 Å². The number of imidazole rings is 1. The van der Waals surface area contributed by atoms with Gasteiger partial charge in [-0.1, -0.05) is 12.1 Å². The summed E-state index contributed by atoms with van der Waals surface area (Å²) in [6, 6.07) is 5.75. The quantitative estimate of drug-likeness (QED) is 0.813. The Kier molecular flexibility index (Phi) is 4.33. The van der Waals surface area contributed by atoms with E-state index in [1.54, 1.807) is 19.0 Å². The number of carbonyl (C=O) groups is 1. The van der Waals surface area contributed by atoms with Crippen LogP contribution in [0, 0.1) is 6.92 Å². The average Bonchev–Trinajstić information content (AvgIpc) is 2.77. The number of carbonyl (C=O) groups excluding carboxylic acids is 1. The van der Waals surface area contributed by atoms with Crippen LogP contribution in [0.3, 0.4) is 0 Å². The predicted octanol–water partition coefficient (Wildman–Crippen LogP) is 2.78. The van der Waals surface area contributed by atoms with E-state index in [9.17, 15) is 4.79 Å². The number of nitrogens with zero attached hydrogens (tertiary/aromatic N) is 3. The summed E-state index contributed by atoms with van der Waals surface area (Å²) in [6.45, 7) is 3.94. The molecule has 1 unspecified atom stereocenters. The standard InChI is InChI=1S/C15H20ClN3O/c1-10-6-5-7-12-14(10)17-13(8-9-16)19(12)11(2)15(20)18(3)4/h5-7,11H,8-9H2,1-4H3. The number of halogens is 1. The first-order valence-electron chi connectivity index (χ1n) is 6.71. The SMILES string of the molecule is Cc1cccc2c1nc(CCCl)n2C(C)C(=O)N(C)C. The third-order valence-corrected chi connectivity index (χ3v) is 3.69. The summed E-state index contributed by atoms with van der Waals surface area (Å²) in [6.07, 6.45) is 0.653. The molecule has 5 heteroatoms. The topological polar surface area (TPSA) is 38.1 Å². The molecule has 0 radical (unpaired) electrons. The Bertz CT molecular complexity index is 633. The minimum atomic E-state index is -0.282. The van der Waals surface area contributed by atoms with Crippen molar-refractivity contribution in [1.29, 1.82) is 0 Å². The number of likely N-dealkylation sites (N-methyl/N-ethyl adjacent to an activating group) is 1. The van der Waals surface area contributed by atoms with Crippen LogP contribution in [-0.4, -0.2) is 40.3 Å². The van der Waals surface area contributed by atoms with Gasteiger partial charge in [-0.05, 0) is 25.5 Å². The Hall–Kier alpha value is -1.55. The van der Waals surface area contributed by atoms with Crippen LogP contribution in [-0.2, 0) is 11.2 Å². The largest absolute Gasteiger partial charge is 0.347 e. The Morgan fingerprint density at radius 1 is 1.45 bits per heavy atom. The van der Waals surface area contributed by atoms with Crippen molar-refractivity contribution in [2.75, 3.05) is 20.0 Å². The van der Waals surface area contributed by atoms with E-state index in [0.717, 1.165) is 22.4 Å². The van der Waals surface area contributed by atoms with E-state index in [1.165, 1.54) is 0 Å². The summed E-state index contributed by atoms with van der Waals surface area (Å²) < 4.78 is 2.01.